The molecule has 208 valence electrons. The highest BCUT2D eigenvalue weighted by Gasteiger charge is 2.30. The van der Waals surface area contributed by atoms with Gasteiger partial charge in [-0.15, -0.1) is 0 Å². The highest BCUT2D eigenvalue weighted by molar-refractivity contribution is 5.66. The molecule has 3 rings (SSSR count). The van der Waals surface area contributed by atoms with Gasteiger partial charge in [-0.25, -0.2) is 0 Å². The zero-order valence-corrected chi connectivity index (χ0v) is 26.1. The molecular formula is C34H55NO2. The smallest absolute Gasteiger partial charge is 0.142 e. The first-order valence-corrected chi connectivity index (χ1v) is 14.2. The van der Waals surface area contributed by atoms with Gasteiger partial charge < -0.3 is 15.1 Å². The van der Waals surface area contributed by atoms with E-state index in [-0.39, 0.29) is 21.7 Å². The first-order chi connectivity index (χ1) is 16.7. The van der Waals surface area contributed by atoms with Crippen LogP contribution in [0.1, 0.15) is 132 Å². The zero-order valence-electron chi connectivity index (χ0n) is 26.1. The number of rotatable bonds is 2. The van der Waals surface area contributed by atoms with E-state index in [1.54, 1.807) is 0 Å². The van der Waals surface area contributed by atoms with Crippen molar-refractivity contribution in [2.75, 3.05) is 11.4 Å². The normalized spacial score (nSPS) is 17.0. The Morgan fingerprint density at radius 2 is 1.14 bits per heavy atom. The van der Waals surface area contributed by atoms with Gasteiger partial charge in [0.1, 0.15) is 11.5 Å². The summed E-state index contributed by atoms with van der Waals surface area (Å²) in [4.78, 5) is 2.43. The second kappa shape index (κ2) is 10.9. The third-order valence-corrected chi connectivity index (χ3v) is 7.57. The number of hydrogen-bond donors (Lipinski definition) is 2. The first kappa shape index (κ1) is 31.1. The topological polar surface area (TPSA) is 43.7 Å². The van der Waals surface area contributed by atoms with Crippen LogP contribution in [0.2, 0.25) is 0 Å². The highest BCUT2D eigenvalue weighted by Crippen LogP contribution is 2.44. The average molecular weight is 510 g/mol. The van der Waals surface area contributed by atoms with E-state index in [0.29, 0.717) is 17.5 Å². The Kier molecular flexibility index (Phi) is 9.16. The van der Waals surface area contributed by atoms with Gasteiger partial charge in [0.2, 0.25) is 0 Å². The van der Waals surface area contributed by atoms with Gasteiger partial charge in [0.15, 0.2) is 0 Å². The molecule has 2 aromatic carbocycles. The molecule has 3 heteroatoms. The van der Waals surface area contributed by atoms with E-state index in [1.807, 2.05) is 12.1 Å². The molecule has 1 heterocycles. The molecule has 1 unspecified atom stereocenters. The van der Waals surface area contributed by atoms with Gasteiger partial charge in [0, 0.05) is 18.2 Å². The lowest BCUT2D eigenvalue weighted by Gasteiger charge is -2.32. The zero-order chi connectivity index (χ0) is 28.6. The fourth-order valence-corrected chi connectivity index (χ4v) is 4.90. The molecule has 0 bridgehead atoms. The van der Waals surface area contributed by atoms with Crippen LogP contribution in [0.25, 0.3) is 0 Å². The molecule has 0 radical (unpaired) electrons. The number of nitrogens with zero attached hydrogens (tertiary/aromatic N) is 1. The van der Waals surface area contributed by atoms with E-state index in [9.17, 15) is 10.2 Å². The third-order valence-electron chi connectivity index (χ3n) is 7.57. The fourth-order valence-electron chi connectivity index (χ4n) is 4.90. The minimum atomic E-state index is -0.0540. The van der Waals surface area contributed by atoms with E-state index in [0.717, 1.165) is 24.2 Å². The predicted octanol–water partition coefficient (Wildman–Crippen LogP) is 9.35. The summed E-state index contributed by atoms with van der Waals surface area (Å²) >= 11 is 0. The molecule has 1 atom stereocenters. The maximum absolute atomic E-state index is 10.9. The van der Waals surface area contributed by atoms with Crippen molar-refractivity contribution in [1.29, 1.82) is 0 Å². The summed E-state index contributed by atoms with van der Waals surface area (Å²) in [6.07, 6.45) is 3.60. The van der Waals surface area contributed by atoms with Gasteiger partial charge in [-0.3, -0.25) is 0 Å². The second-order valence-corrected chi connectivity index (χ2v) is 15.1. The summed E-state index contributed by atoms with van der Waals surface area (Å²) in [6, 6.07) is 10.9. The highest BCUT2D eigenvalue weighted by atomic mass is 16.3. The predicted molar refractivity (Wildman–Crippen MR) is 162 cm³/mol. The summed E-state index contributed by atoms with van der Waals surface area (Å²) in [5.41, 5.74) is 5.99. The molecule has 1 fully saturated rings. The van der Waals surface area contributed by atoms with Crippen molar-refractivity contribution in [3.8, 4) is 11.5 Å². The van der Waals surface area contributed by atoms with Crippen LogP contribution in [0.15, 0.2) is 30.3 Å². The van der Waals surface area contributed by atoms with Gasteiger partial charge in [-0.05, 0) is 75.8 Å². The standard InChI is InChI=1S/C20H33NO.C14H22O/c1-8-15-10-9-11-21(15)17-13-14(19(2,3)4)12-16(18(17)22)20(5,6)7;1-13(2,3)10-7-11(14(4,5)6)9-12(15)8-10/h12-13,15,22H,8-11H2,1-7H3;7-9,15H,1-6H3. The molecule has 0 spiro atoms. The lowest BCUT2D eigenvalue weighted by molar-refractivity contribution is 0.442. The molecular weight excluding hydrogens is 454 g/mol. The Morgan fingerprint density at radius 1 is 0.676 bits per heavy atom. The Labute approximate surface area is 228 Å². The minimum absolute atomic E-state index is 0.0540. The van der Waals surface area contributed by atoms with Crippen molar-refractivity contribution in [2.24, 2.45) is 0 Å². The Hall–Kier alpha value is -2.16. The van der Waals surface area contributed by atoms with Crippen molar-refractivity contribution in [2.45, 2.75) is 137 Å². The minimum Gasteiger partial charge on any atom is -0.508 e. The van der Waals surface area contributed by atoms with Crippen molar-refractivity contribution in [3.05, 3.63) is 52.6 Å². The van der Waals surface area contributed by atoms with Crippen LogP contribution in [0, 0.1) is 0 Å². The van der Waals surface area contributed by atoms with E-state index in [4.69, 9.17) is 0 Å². The van der Waals surface area contributed by atoms with Crippen LogP contribution in [0.4, 0.5) is 5.69 Å². The van der Waals surface area contributed by atoms with Gasteiger partial charge >= 0.3 is 0 Å². The van der Waals surface area contributed by atoms with Crippen LogP contribution < -0.4 is 4.90 Å². The average Bonchev–Trinajstić information content (AvgIpc) is 3.19. The first-order valence-electron chi connectivity index (χ1n) is 14.2. The van der Waals surface area contributed by atoms with E-state index in [1.165, 1.54) is 29.5 Å². The maximum Gasteiger partial charge on any atom is 0.142 e. The van der Waals surface area contributed by atoms with Crippen molar-refractivity contribution < 1.29 is 10.2 Å². The lowest BCUT2D eigenvalue weighted by atomic mass is 9.79. The second-order valence-electron chi connectivity index (χ2n) is 15.1. The molecule has 0 aliphatic carbocycles. The molecule has 1 aliphatic heterocycles. The van der Waals surface area contributed by atoms with Crippen LogP contribution in [-0.2, 0) is 21.7 Å². The summed E-state index contributed by atoms with van der Waals surface area (Å²) in [7, 11) is 0. The number of benzene rings is 2. The quantitative estimate of drug-likeness (QED) is 0.424. The van der Waals surface area contributed by atoms with E-state index < -0.39 is 0 Å². The third kappa shape index (κ3) is 7.91. The van der Waals surface area contributed by atoms with Crippen molar-refractivity contribution in [1.82, 2.24) is 0 Å². The molecule has 2 aromatic rings. The summed E-state index contributed by atoms with van der Waals surface area (Å²) in [5.74, 6) is 0.855. The van der Waals surface area contributed by atoms with Crippen LogP contribution in [-0.4, -0.2) is 22.8 Å². The van der Waals surface area contributed by atoms with Crippen molar-refractivity contribution in [3.63, 3.8) is 0 Å². The molecule has 0 amide bonds. The Bertz CT molecular complexity index is 1020. The monoisotopic (exact) mass is 509 g/mol. The van der Waals surface area contributed by atoms with E-state index >= 15 is 0 Å². The SMILES string of the molecule is CC(C)(C)c1cc(O)cc(C(C)(C)C)c1.CCC1CCCN1c1cc(C(C)(C)C)cc(C(C)(C)C)c1O. The summed E-state index contributed by atoms with van der Waals surface area (Å²) < 4.78 is 0. The van der Waals surface area contributed by atoms with Gasteiger partial charge in [0.05, 0.1) is 5.69 Å². The largest absolute Gasteiger partial charge is 0.508 e. The molecule has 1 saturated heterocycles. The molecule has 3 nitrogen and oxygen atoms in total. The van der Waals surface area contributed by atoms with Gasteiger partial charge in [-0.2, -0.15) is 0 Å². The Morgan fingerprint density at radius 3 is 1.54 bits per heavy atom. The van der Waals surface area contributed by atoms with Gasteiger partial charge in [-0.1, -0.05) is 102 Å². The van der Waals surface area contributed by atoms with Gasteiger partial charge in [0.25, 0.3) is 0 Å². The number of anilines is 1. The molecule has 0 saturated carbocycles. The molecule has 0 aromatic heterocycles. The summed E-state index contributed by atoms with van der Waals surface area (Å²) in [5, 5.41) is 20.7. The van der Waals surface area contributed by atoms with Crippen LogP contribution in [0.5, 0.6) is 11.5 Å². The van der Waals surface area contributed by atoms with Crippen LogP contribution in [0.3, 0.4) is 0 Å². The molecule has 2 N–H and O–H groups in total. The lowest BCUT2D eigenvalue weighted by Crippen LogP contribution is -2.29. The molecule has 37 heavy (non-hydrogen) atoms. The summed E-state index contributed by atoms with van der Waals surface area (Å²) in [6.45, 7) is 29.6. The maximum atomic E-state index is 10.9. The number of hydrogen-bond acceptors (Lipinski definition) is 3. The number of aromatic hydroxyl groups is 2. The fraction of sp³-hybridized carbons (Fsp3) is 0.647. The molecule has 1 aliphatic rings. The van der Waals surface area contributed by atoms with E-state index in [2.05, 4.69) is 113 Å². The number of phenolic OH excluding ortho intramolecular Hbond substituents is 2. The Balaban J connectivity index is 0.000000281. The number of phenols is 2. The van der Waals surface area contributed by atoms with Crippen molar-refractivity contribution >= 4 is 5.69 Å². The van der Waals surface area contributed by atoms with Crippen LogP contribution >= 0.6 is 0 Å².